The number of hydrogen-bond acceptors (Lipinski definition) is 2. The van der Waals surface area contributed by atoms with Gasteiger partial charge in [-0.1, -0.05) is 27.2 Å². The van der Waals surface area contributed by atoms with Crippen molar-refractivity contribution in [3.63, 3.8) is 0 Å². The number of hydrogen-bond donors (Lipinski definition) is 1. The van der Waals surface area contributed by atoms with Crippen molar-refractivity contribution in [2.45, 2.75) is 12.6 Å². The van der Waals surface area contributed by atoms with Crippen molar-refractivity contribution in [2.75, 3.05) is 0 Å². The molecule has 0 amide bonds. The quantitative estimate of drug-likeness (QED) is 0.511. The lowest BCUT2D eigenvalue weighted by molar-refractivity contribution is -0.341. The zero-order valence-electron chi connectivity index (χ0n) is 11.4. The molecule has 0 aromatic heterocycles. The molecule has 2 nitrogen and oxygen atoms in total. The van der Waals surface area contributed by atoms with E-state index in [-0.39, 0.29) is 6.54 Å². The first-order valence-corrected chi connectivity index (χ1v) is 6.08. The smallest absolute Gasteiger partial charge is 0.326 e. The van der Waals surface area contributed by atoms with Gasteiger partial charge in [-0.05, 0) is 18.2 Å². The van der Waals surface area contributed by atoms with Gasteiger partial charge in [0, 0.05) is 18.2 Å². The number of nitrogens with zero attached hydrogens (tertiary/aromatic N) is 1. The second-order valence-electron chi connectivity index (χ2n) is 4.19. The molecule has 0 bridgehead atoms. The Morgan fingerprint density at radius 1 is 0.913 bits per heavy atom. The van der Waals surface area contributed by atoms with Crippen LogP contribution in [0.25, 0.3) is 0 Å². The van der Waals surface area contributed by atoms with Crippen molar-refractivity contribution in [1.29, 1.82) is 0 Å². The van der Waals surface area contributed by atoms with Gasteiger partial charge in [0.05, 0.1) is 10.9 Å². The van der Waals surface area contributed by atoms with Crippen molar-refractivity contribution < 1.29 is 30.9 Å². The second kappa shape index (κ2) is 7.93. The van der Waals surface area contributed by atoms with Gasteiger partial charge in [0.25, 0.3) is 0 Å². The summed E-state index contributed by atoms with van der Waals surface area (Å²) in [5.74, 6) is -2.52. The van der Waals surface area contributed by atoms with Gasteiger partial charge in [0.1, 0.15) is 17.5 Å². The molecular formula is C14H11F7N2. The van der Waals surface area contributed by atoms with Crippen LogP contribution in [0.5, 0.6) is 0 Å². The first-order chi connectivity index (χ1) is 10.7. The van der Waals surface area contributed by atoms with Gasteiger partial charge in [-0.15, -0.1) is 0 Å². The Morgan fingerprint density at radius 3 is 2.00 bits per heavy atom. The van der Waals surface area contributed by atoms with E-state index >= 15 is 0 Å². The van der Waals surface area contributed by atoms with E-state index in [0.717, 1.165) is 18.2 Å². The van der Waals surface area contributed by atoms with Crippen LogP contribution in [-0.2, 0) is 12.6 Å². The van der Waals surface area contributed by atoms with E-state index in [1.165, 1.54) is 12.1 Å². The highest BCUT2D eigenvalue weighted by Gasteiger charge is 2.43. The molecule has 9 heteroatoms. The molecule has 2 rings (SSSR count). The summed E-state index contributed by atoms with van der Waals surface area (Å²) in [5.41, 5.74) is 4.13. The maximum absolute atomic E-state index is 12.6. The summed E-state index contributed by atoms with van der Waals surface area (Å²) >= 11 is 0. The third-order valence-corrected chi connectivity index (χ3v) is 2.65. The lowest BCUT2D eigenvalue weighted by Crippen LogP contribution is -2.27. The summed E-state index contributed by atoms with van der Waals surface area (Å²) in [6.45, 7) is 0.103. The summed E-state index contributed by atoms with van der Waals surface area (Å²) in [7, 11) is 0. The Morgan fingerprint density at radius 2 is 1.52 bits per heavy atom. The van der Waals surface area contributed by atoms with E-state index < -0.39 is 34.4 Å². The third kappa shape index (κ3) is 4.93. The molecular weight excluding hydrogens is 329 g/mol. The van der Waals surface area contributed by atoms with Gasteiger partial charge in [-0.2, -0.15) is 8.78 Å². The van der Waals surface area contributed by atoms with Gasteiger partial charge in [0.2, 0.25) is 0 Å². The lowest BCUT2D eigenvalue weighted by Gasteiger charge is -2.15. The molecule has 2 aromatic rings. The van der Waals surface area contributed by atoms with E-state index in [0.29, 0.717) is 17.7 Å². The van der Waals surface area contributed by atoms with Gasteiger partial charge in [-0.25, -0.2) is 13.2 Å². The van der Waals surface area contributed by atoms with E-state index in [1.54, 1.807) is 0 Å². The summed E-state index contributed by atoms with van der Waals surface area (Å²) in [6, 6.07) is 2.23. The third-order valence-electron chi connectivity index (χ3n) is 2.65. The molecule has 0 aliphatic heterocycles. The molecule has 0 saturated carbocycles. The van der Waals surface area contributed by atoms with Crippen LogP contribution in [0.2, 0.25) is 0 Å². The highest BCUT2D eigenvalue weighted by Crippen LogP contribution is 2.34. The number of rotatable bonds is 3. The number of alkyl halides is 2. The topological polar surface area (TPSA) is 29.3 Å². The van der Waals surface area contributed by atoms with Crippen molar-refractivity contribution >= 4 is 0 Å². The van der Waals surface area contributed by atoms with Crippen LogP contribution in [0.4, 0.5) is 30.9 Å². The average molecular weight is 340 g/mol. The second-order valence-corrected chi connectivity index (χ2v) is 4.19. The van der Waals surface area contributed by atoms with E-state index in [2.05, 4.69) is 0 Å². The van der Waals surface area contributed by atoms with Crippen LogP contribution in [0.3, 0.4) is 0 Å². The Bertz CT molecular complexity index is 647. The van der Waals surface area contributed by atoms with Gasteiger partial charge < -0.3 is 5.73 Å². The minimum Gasteiger partial charge on any atom is -0.326 e. The van der Waals surface area contributed by atoms with Crippen molar-refractivity contribution in [1.82, 2.24) is 5.34 Å². The molecule has 23 heavy (non-hydrogen) atoms. The molecule has 2 aromatic carbocycles. The molecule has 0 unspecified atom stereocenters. The Labute approximate surface area is 126 Å². The minimum absolute atomic E-state index is 0.103. The fourth-order valence-electron chi connectivity index (χ4n) is 1.48. The SMILES string of the molecule is Fc1ccccc1C(F)(F)N(F)F.NCc1ccc(F)cc1F. The summed E-state index contributed by atoms with van der Waals surface area (Å²) < 4.78 is 85.5. The van der Waals surface area contributed by atoms with Crippen LogP contribution in [0, 0.1) is 17.5 Å². The molecule has 0 heterocycles. The van der Waals surface area contributed by atoms with Gasteiger partial charge >= 0.3 is 6.05 Å². The highest BCUT2D eigenvalue weighted by atomic mass is 19.4. The van der Waals surface area contributed by atoms with Crippen molar-refractivity contribution in [2.24, 2.45) is 5.73 Å². The maximum Gasteiger partial charge on any atom is 0.387 e. The van der Waals surface area contributed by atoms with Gasteiger partial charge in [0.15, 0.2) is 0 Å². The predicted molar refractivity (Wildman–Crippen MR) is 68.6 cm³/mol. The zero-order valence-corrected chi connectivity index (χ0v) is 11.4. The molecule has 0 aliphatic carbocycles. The lowest BCUT2D eigenvalue weighted by atomic mass is 10.2. The first-order valence-electron chi connectivity index (χ1n) is 6.08. The maximum atomic E-state index is 12.6. The summed E-state index contributed by atoms with van der Waals surface area (Å²) in [5, 5.41) is -2.33. The summed E-state index contributed by atoms with van der Waals surface area (Å²) in [6.07, 6.45) is 0. The molecule has 0 aliphatic rings. The highest BCUT2D eigenvalue weighted by molar-refractivity contribution is 5.21. The minimum atomic E-state index is -4.59. The van der Waals surface area contributed by atoms with Crippen molar-refractivity contribution in [3.05, 3.63) is 71.0 Å². The van der Waals surface area contributed by atoms with E-state index in [1.807, 2.05) is 0 Å². The van der Waals surface area contributed by atoms with Crippen LogP contribution in [0.1, 0.15) is 11.1 Å². The monoisotopic (exact) mass is 340 g/mol. The van der Waals surface area contributed by atoms with Crippen LogP contribution < -0.4 is 5.73 Å². The molecule has 0 radical (unpaired) electrons. The van der Waals surface area contributed by atoms with E-state index in [4.69, 9.17) is 5.73 Å². The zero-order chi connectivity index (χ0) is 17.6. The molecule has 0 saturated heterocycles. The van der Waals surface area contributed by atoms with Gasteiger partial charge in [-0.3, -0.25) is 0 Å². The Kier molecular flexibility index (Phi) is 6.52. The molecule has 0 spiro atoms. The van der Waals surface area contributed by atoms with Crippen LogP contribution in [-0.4, -0.2) is 5.34 Å². The normalized spacial score (nSPS) is 11.2. The molecule has 0 atom stereocenters. The number of halogens is 7. The molecule has 2 N–H and O–H groups in total. The predicted octanol–water partition coefficient (Wildman–Crippen LogP) is 4.37. The molecule has 0 fully saturated rings. The van der Waals surface area contributed by atoms with E-state index in [9.17, 15) is 30.9 Å². The fraction of sp³-hybridized carbons (Fsp3) is 0.143. The number of benzene rings is 2. The number of nitrogens with two attached hydrogens (primary N) is 1. The standard InChI is InChI=1S/C7H4F5N.C7H7F2N/c8-6-4-2-1-3-5(6)7(9,10)13(11)12;8-6-2-1-5(4-10)7(9)3-6/h1-4H;1-3H,4,10H2. The Balaban J connectivity index is 0.000000238. The molecule has 126 valence electrons. The Hall–Kier alpha value is -2.13. The average Bonchev–Trinajstić information content (AvgIpc) is 2.48. The fourth-order valence-corrected chi connectivity index (χ4v) is 1.48. The largest absolute Gasteiger partial charge is 0.387 e. The first kappa shape index (κ1) is 18.9. The van der Waals surface area contributed by atoms with Crippen molar-refractivity contribution in [3.8, 4) is 0 Å². The summed E-state index contributed by atoms with van der Waals surface area (Å²) in [4.78, 5) is 0. The van der Waals surface area contributed by atoms with Crippen LogP contribution in [0.15, 0.2) is 42.5 Å². The van der Waals surface area contributed by atoms with Crippen LogP contribution >= 0.6 is 0 Å².